The number of benzene rings is 1. The normalized spacial score (nSPS) is 26.6. The molecule has 1 fully saturated rings. The van der Waals surface area contributed by atoms with Crippen LogP contribution in [-0.2, 0) is 6.42 Å². The van der Waals surface area contributed by atoms with Gasteiger partial charge in [0.1, 0.15) is 5.75 Å². The molecule has 2 heterocycles. The second-order valence-corrected chi connectivity index (χ2v) is 5.00. The summed E-state index contributed by atoms with van der Waals surface area (Å²) in [5.74, 6) is 1.59. The SMILES string of the molecule is CC1CNCC1C(=O)c1cccc2c1OCC2. The molecule has 0 radical (unpaired) electrons. The van der Waals surface area contributed by atoms with Crippen molar-refractivity contribution in [1.29, 1.82) is 0 Å². The van der Waals surface area contributed by atoms with E-state index in [1.165, 1.54) is 5.56 Å². The van der Waals surface area contributed by atoms with E-state index in [9.17, 15) is 4.79 Å². The third-order valence-corrected chi connectivity index (χ3v) is 3.83. The van der Waals surface area contributed by atoms with E-state index in [0.717, 1.165) is 30.8 Å². The molecule has 0 aliphatic carbocycles. The third-order valence-electron chi connectivity index (χ3n) is 3.83. The lowest BCUT2D eigenvalue weighted by Crippen LogP contribution is -2.22. The molecule has 0 amide bonds. The van der Waals surface area contributed by atoms with Crippen LogP contribution in [0.3, 0.4) is 0 Å². The summed E-state index contributed by atoms with van der Waals surface area (Å²) >= 11 is 0. The van der Waals surface area contributed by atoms with Gasteiger partial charge in [-0.3, -0.25) is 4.79 Å². The fourth-order valence-corrected chi connectivity index (χ4v) is 2.77. The summed E-state index contributed by atoms with van der Waals surface area (Å²) < 4.78 is 5.60. The van der Waals surface area contributed by atoms with Crippen LogP contribution in [0.5, 0.6) is 5.75 Å². The van der Waals surface area contributed by atoms with Crippen molar-refractivity contribution in [3.05, 3.63) is 29.3 Å². The van der Waals surface area contributed by atoms with Crippen LogP contribution in [-0.4, -0.2) is 25.5 Å². The molecule has 1 aromatic rings. The van der Waals surface area contributed by atoms with Gasteiger partial charge in [-0.05, 0) is 24.1 Å². The number of Topliss-reactive ketones (excluding diaryl/α,β-unsaturated/α-hetero) is 1. The maximum absolute atomic E-state index is 12.5. The summed E-state index contributed by atoms with van der Waals surface area (Å²) in [4.78, 5) is 12.5. The van der Waals surface area contributed by atoms with Crippen molar-refractivity contribution in [1.82, 2.24) is 5.32 Å². The lowest BCUT2D eigenvalue weighted by Gasteiger charge is -2.14. The number of ether oxygens (including phenoxy) is 1. The topological polar surface area (TPSA) is 38.3 Å². The number of carbonyl (C=O) groups excluding carboxylic acids is 1. The largest absolute Gasteiger partial charge is 0.492 e. The number of nitrogens with one attached hydrogen (secondary N) is 1. The Balaban J connectivity index is 1.94. The van der Waals surface area contributed by atoms with Gasteiger partial charge in [0.2, 0.25) is 0 Å². The molecule has 1 aromatic carbocycles. The van der Waals surface area contributed by atoms with Gasteiger partial charge in [0.05, 0.1) is 12.2 Å². The summed E-state index contributed by atoms with van der Waals surface area (Å²) in [6.07, 6.45) is 0.926. The van der Waals surface area contributed by atoms with Gasteiger partial charge >= 0.3 is 0 Å². The summed E-state index contributed by atoms with van der Waals surface area (Å²) in [5, 5.41) is 3.28. The summed E-state index contributed by atoms with van der Waals surface area (Å²) in [6.45, 7) is 4.57. The van der Waals surface area contributed by atoms with Crippen molar-refractivity contribution in [2.24, 2.45) is 11.8 Å². The molecule has 3 rings (SSSR count). The van der Waals surface area contributed by atoms with Crippen LogP contribution in [0.15, 0.2) is 18.2 Å². The van der Waals surface area contributed by atoms with Crippen molar-refractivity contribution in [2.45, 2.75) is 13.3 Å². The minimum absolute atomic E-state index is 0.102. The quantitative estimate of drug-likeness (QED) is 0.787. The monoisotopic (exact) mass is 231 g/mol. The van der Waals surface area contributed by atoms with Crippen molar-refractivity contribution >= 4 is 5.78 Å². The maximum atomic E-state index is 12.5. The molecular formula is C14H17NO2. The molecule has 17 heavy (non-hydrogen) atoms. The molecule has 3 heteroatoms. The van der Waals surface area contributed by atoms with Crippen LogP contribution in [0.25, 0.3) is 0 Å². The van der Waals surface area contributed by atoms with E-state index >= 15 is 0 Å². The first-order valence-corrected chi connectivity index (χ1v) is 6.27. The van der Waals surface area contributed by atoms with Gasteiger partial charge in [-0.2, -0.15) is 0 Å². The van der Waals surface area contributed by atoms with E-state index in [-0.39, 0.29) is 11.7 Å². The lowest BCUT2D eigenvalue weighted by atomic mass is 9.88. The molecule has 3 nitrogen and oxygen atoms in total. The zero-order chi connectivity index (χ0) is 11.8. The number of carbonyl (C=O) groups is 1. The molecule has 1 saturated heterocycles. The molecule has 2 atom stereocenters. The van der Waals surface area contributed by atoms with Crippen molar-refractivity contribution in [3.8, 4) is 5.75 Å². The van der Waals surface area contributed by atoms with Gasteiger partial charge in [0.15, 0.2) is 5.78 Å². The molecule has 1 N–H and O–H groups in total. The summed E-state index contributed by atoms with van der Waals surface area (Å²) in [6, 6.07) is 5.92. The minimum atomic E-state index is 0.102. The van der Waals surface area contributed by atoms with Crippen molar-refractivity contribution in [2.75, 3.05) is 19.7 Å². The second-order valence-electron chi connectivity index (χ2n) is 5.00. The first kappa shape index (κ1) is 10.8. The highest BCUT2D eigenvalue weighted by molar-refractivity contribution is 6.01. The molecule has 0 aromatic heterocycles. The van der Waals surface area contributed by atoms with Crippen molar-refractivity contribution < 1.29 is 9.53 Å². The highest BCUT2D eigenvalue weighted by Crippen LogP contribution is 2.32. The van der Waals surface area contributed by atoms with E-state index < -0.39 is 0 Å². The molecule has 90 valence electrons. The van der Waals surface area contributed by atoms with E-state index in [1.807, 2.05) is 12.1 Å². The Labute approximate surface area is 101 Å². The molecule has 2 aliphatic heterocycles. The van der Waals surface area contributed by atoms with Crippen LogP contribution in [0.2, 0.25) is 0 Å². The van der Waals surface area contributed by atoms with Crippen LogP contribution >= 0.6 is 0 Å². The summed E-state index contributed by atoms with van der Waals surface area (Å²) in [7, 11) is 0. The smallest absolute Gasteiger partial charge is 0.171 e. The van der Waals surface area contributed by atoms with Crippen LogP contribution in [0.4, 0.5) is 0 Å². The fourth-order valence-electron chi connectivity index (χ4n) is 2.77. The van der Waals surface area contributed by atoms with Gasteiger partial charge in [-0.15, -0.1) is 0 Å². The number of hydrogen-bond donors (Lipinski definition) is 1. The van der Waals surface area contributed by atoms with Gasteiger partial charge in [-0.1, -0.05) is 19.1 Å². The minimum Gasteiger partial charge on any atom is -0.492 e. The van der Waals surface area contributed by atoms with Gasteiger partial charge < -0.3 is 10.1 Å². The average molecular weight is 231 g/mol. The molecule has 0 bridgehead atoms. The Bertz CT molecular complexity index is 456. The molecule has 2 unspecified atom stereocenters. The third kappa shape index (κ3) is 1.75. The molecular weight excluding hydrogens is 214 g/mol. The van der Waals surface area contributed by atoms with Crippen molar-refractivity contribution in [3.63, 3.8) is 0 Å². The number of ketones is 1. The number of fused-ring (bicyclic) bond motifs is 1. The average Bonchev–Trinajstić information content (AvgIpc) is 2.95. The number of rotatable bonds is 2. The molecule has 0 saturated carbocycles. The standard InChI is InChI=1S/C14H17NO2/c1-9-7-15-8-12(9)13(16)11-4-2-3-10-5-6-17-14(10)11/h2-4,9,12,15H,5-8H2,1H3. The van der Waals surface area contributed by atoms with E-state index in [0.29, 0.717) is 12.5 Å². The van der Waals surface area contributed by atoms with E-state index in [2.05, 4.69) is 18.3 Å². The predicted molar refractivity (Wildman–Crippen MR) is 65.5 cm³/mol. The summed E-state index contributed by atoms with van der Waals surface area (Å²) in [5.41, 5.74) is 1.95. The highest BCUT2D eigenvalue weighted by Gasteiger charge is 2.32. The Morgan fingerprint density at radius 1 is 1.41 bits per heavy atom. The van der Waals surface area contributed by atoms with Gasteiger partial charge in [0, 0.05) is 18.9 Å². The number of para-hydroxylation sites is 1. The fraction of sp³-hybridized carbons (Fsp3) is 0.500. The predicted octanol–water partition coefficient (Wildman–Crippen LogP) is 1.66. The number of hydrogen-bond acceptors (Lipinski definition) is 3. The Kier molecular flexibility index (Phi) is 2.63. The van der Waals surface area contributed by atoms with Crippen LogP contribution < -0.4 is 10.1 Å². The maximum Gasteiger partial charge on any atom is 0.171 e. The van der Waals surface area contributed by atoms with Gasteiger partial charge in [0.25, 0.3) is 0 Å². The lowest BCUT2D eigenvalue weighted by molar-refractivity contribution is 0.0904. The van der Waals surface area contributed by atoms with E-state index in [4.69, 9.17) is 4.74 Å². The van der Waals surface area contributed by atoms with Crippen LogP contribution in [0, 0.1) is 11.8 Å². The Hall–Kier alpha value is -1.35. The molecule has 2 aliphatic rings. The van der Waals surface area contributed by atoms with Crippen LogP contribution in [0.1, 0.15) is 22.8 Å². The zero-order valence-corrected chi connectivity index (χ0v) is 10.0. The molecule has 0 spiro atoms. The highest BCUT2D eigenvalue weighted by atomic mass is 16.5. The van der Waals surface area contributed by atoms with E-state index in [1.54, 1.807) is 0 Å². The zero-order valence-electron chi connectivity index (χ0n) is 10.0. The first-order valence-electron chi connectivity index (χ1n) is 6.27. The second kappa shape index (κ2) is 4.15. The first-order chi connectivity index (χ1) is 8.27. The Morgan fingerprint density at radius 2 is 2.29 bits per heavy atom. The van der Waals surface area contributed by atoms with Gasteiger partial charge in [-0.25, -0.2) is 0 Å². The Morgan fingerprint density at radius 3 is 3.06 bits per heavy atom.